The average molecular weight is 487 g/mol. The smallest absolute Gasteiger partial charge is 0.247 e. The summed E-state index contributed by atoms with van der Waals surface area (Å²) in [5.74, 6) is -1.23. The van der Waals surface area contributed by atoms with E-state index in [1.807, 2.05) is 30.3 Å². The summed E-state index contributed by atoms with van der Waals surface area (Å²) >= 11 is 12.2. The van der Waals surface area contributed by atoms with Crippen LogP contribution in [0.4, 0.5) is 4.39 Å². The standard InChI is InChI=1S/C26H25Cl2FN2O2/c1-17(2)26(33)31(16-18-8-12-22(29)13-9-18)24(19-6-4-3-5-7-19)25(32)30-15-20-10-11-21(27)14-23(20)28/h3-14,17,24H,15-16H2,1-2H3,(H,30,32). The minimum atomic E-state index is -0.878. The lowest BCUT2D eigenvalue weighted by Gasteiger charge is -2.33. The molecule has 0 aromatic heterocycles. The Labute approximate surface area is 203 Å². The number of benzene rings is 3. The molecule has 0 fully saturated rings. The lowest BCUT2D eigenvalue weighted by Crippen LogP contribution is -2.44. The van der Waals surface area contributed by atoms with Gasteiger partial charge in [-0.05, 0) is 41.0 Å². The van der Waals surface area contributed by atoms with Gasteiger partial charge in [-0.3, -0.25) is 9.59 Å². The zero-order valence-corrected chi connectivity index (χ0v) is 19.9. The summed E-state index contributed by atoms with van der Waals surface area (Å²) in [6.07, 6.45) is 0. The number of amides is 2. The molecular weight excluding hydrogens is 462 g/mol. The maximum Gasteiger partial charge on any atom is 0.247 e. The Hall–Kier alpha value is -2.89. The lowest BCUT2D eigenvalue weighted by atomic mass is 10.0. The fourth-order valence-corrected chi connectivity index (χ4v) is 3.94. The number of carbonyl (C=O) groups is 2. The summed E-state index contributed by atoms with van der Waals surface area (Å²) in [5.41, 5.74) is 2.11. The zero-order valence-electron chi connectivity index (χ0n) is 18.4. The molecule has 0 spiro atoms. The molecule has 33 heavy (non-hydrogen) atoms. The van der Waals surface area contributed by atoms with Gasteiger partial charge in [-0.1, -0.05) is 85.6 Å². The lowest BCUT2D eigenvalue weighted by molar-refractivity contribution is -0.144. The Morgan fingerprint density at radius 2 is 1.64 bits per heavy atom. The van der Waals surface area contributed by atoms with Gasteiger partial charge in [0.15, 0.2) is 0 Å². The molecule has 0 aliphatic carbocycles. The SMILES string of the molecule is CC(C)C(=O)N(Cc1ccc(F)cc1)C(C(=O)NCc1ccc(Cl)cc1Cl)c1ccccc1. The molecule has 0 heterocycles. The molecule has 0 saturated heterocycles. The molecule has 0 saturated carbocycles. The van der Waals surface area contributed by atoms with Crippen LogP contribution in [0.25, 0.3) is 0 Å². The average Bonchev–Trinajstić information content (AvgIpc) is 2.79. The highest BCUT2D eigenvalue weighted by Crippen LogP contribution is 2.27. The fraction of sp³-hybridized carbons (Fsp3) is 0.231. The first-order valence-electron chi connectivity index (χ1n) is 10.6. The summed E-state index contributed by atoms with van der Waals surface area (Å²) in [6, 6.07) is 19.2. The molecule has 3 rings (SSSR count). The second-order valence-corrected chi connectivity index (χ2v) is 8.86. The molecule has 1 N–H and O–H groups in total. The van der Waals surface area contributed by atoms with Crippen molar-refractivity contribution in [3.8, 4) is 0 Å². The van der Waals surface area contributed by atoms with Crippen molar-refractivity contribution in [2.45, 2.75) is 33.0 Å². The van der Waals surface area contributed by atoms with E-state index in [2.05, 4.69) is 5.32 Å². The van der Waals surface area contributed by atoms with Gasteiger partial charge in [0, 0.05) is 29.1 Å². The molecule has 1 unspecified atom stereocenters. The highest BCUT2D eigenvalue weighted by atomic mass is 35.5. The van der Waals surface area contributed by atoms with Crippen molar-refractivity contribution >= 4 is 35.0 Å². The van der Waals surface area contributed by atoms with E-state index >= 15 is 0 Å². The molecule has 0 bridgehead atoms. The minimum absolute atomic E-state index is 0.159. The van der Waals surface area contributed by atoms with E-state index in [1.165, 1.54) is 17.0 Å². The predicted octanol–water partition coefficient (Wildman–Crippen LogP) is 6.17. The third-order valence-electron chi connectivity index (χ3n) is 5.19. The van der Waals surface area contributed by atoms with Crippen LogP contribution in [0, 0.1) is 11.7 Å². The van der Waals surface area contributed by atoms with Crippen LogP contribution >= 0.6 is 23.2 Å². The van der Waals surface area contributed by atoms with Gasteiger partial charge in [0.1, 0.15) is 11.9 Å². The number of carbonyl (C=O) groups excluding carboxylic acids is 2. The van der Waals surface area contributed by atoms with Crippen LogP contribution < -0.4 is 5.32 Å². The van der Waals surface area contributed by atoms with Gasteiger partial charge in [0.05, 0.1) is 0 Å². The van der Waals surface area contributed by atoms with Crippen molar-refractivity contribution in [1.29, 1.82) is 0 Å². The van der Waals surface area contributed by atoms with E-state index in [4.69, 9.17) is 23.2 Å². The Balaban J connectivity index is 1.94. The van der Waals surface area contributed by atoms with Crippen LogP contribution in [0.5, 0.6) is 0 Å². The first-order chi connectivity index (χ1) is 15.8. The van der Waals surface area contributed by atoms with Crippen molar-refractivity contribution in [3.63, 3.8) is 0 Å². The second kappa shape index (κ2) is 11.3. The topological polar surface area (TPSA) is 49.4 Å². The molecule has 7 heteroatoms. The molecule has 2 amide bonds. The third-order valence-corrected chi connectivity index (χ3v) is 5.77. The highest BCUT2D eigenvalue weighted by molar-refractivity contribution is 6.35. The number of rotatable bonds is 8. The second-order valence-electron chi connectivity index (χ2n) is 8.01. The highest BCUT2D eigenvalue weighted by Gasteiger charge is 2.32. The molecule has 0 aliphatic rings. The Kier molecular flexibility index (Phi) is 8.48. The molecule has 0 radical (unpaired) electrons. The van der Waals surface area contributed by atoms with Crippen LogP contribution in [0.3, 0.4) is 0 Å². The molecule has 3 aromatic carbocycles. The summed E-state index contributed by atoms with van der Waals surface area (Å²) in [4.78, 5) is 28.2. The van der Waals surface area contributed by atoms with E-state index in [0.29, 0.717) is 21.2 Å². The summed E-state index contributed by atoms with van der Waals surface area (Å²) in [7, 11) is 0. The van der Waals surface area contributed by atoms with Crippen LogP contribution in [-0.4, -0.2) is 16.7 Å². The molecular formula is C26H25Cl2FN2O2. The van der Waals surface area contributed by atoms with E-state index < -0.39 is 6.04 Å². The van der Waals surface area contributed by atoms with Gasteiger partial charge in [0.2, 0.25) is 11.8 Å². The molecule has 3 aromatic rings. The van der Waals surface area contributed by atoms with Gasteiger partial charge in [-0.15, -0.1) is 0 Å². The summed E-state index contributed by atoms with van der Waals surface area (Å²) in [6.45, 7) is 3.91. The van der Waals surface area contributed by atoms with E-state index in [1.54, 1.807) is 44.2 Å². The van der Waals surface area contributed by atoms with Crippen molar-refractivity contribution in [2.75, 3.05) is 0 Å². The normalized spacial score (nSPS) is 11.8. The monoisotopic (exact) mass is 486 g/mol. The first kappa shape index (κ1) is 24.7. The minimum Gasteiger partial charge on any atom is -0.350 e. The maximum atomic E-state index is 13.5. The predicted molar refractivity (Wildman–Crippen MR) is 129 cm³/mol. The van der Waals surface area contributed by atoms with E-state index in [-0.39, 0.29) is 36.6 Å². The number of nitrogens with zero attached hydrogens (tertiary/aromatic N) is 1. The molecule has 1 atom stereocenters. The van der Waals surface area contributed by atoms with Crippen LogP contribution in [-0.2, 0) is 22.7 Å². The van der Waals surface area contributed by atoms with Gasteiger partial charge in [-0.2, -0.15) is 0 Å². The van der Waals surface area contributed by atoms with Crippen molar-refractivity contribution in [1.82, 2.24) is 10.2 Å². The number of halogens is 3. The Morgan fingerprint density at radius 3 is 2.24 bits per heavy atom. The van der Waals surface area contributed by atoms with Gasteiger partial charge in [-0.25, -0.2) is 4.39 Å². The molecule has 172 valence electrons. The van der Waals surface area contributed by atoms with Crippen molar-refractivity contribution in [2.24, 2.45) is 5.92 Å². The van der Waals surface area contributed by atoms with Gasteiger partial charge < -0.3 is 10.2 Å². The largest absolute Gasteiger partial charge is 0.350 e. The molecule has 0 aliphatic heterocycles. The van der Waals surface area contributed by atoms with E-state index in [9.17, 15) is 14.0 Å². The van der Waals surface area contributed by atoms with Crippen molar-refractivity contribution in [3.05, 3.63) is 105 Å². The quantitative estimate of drug-likeness (QED) is 0.413. The van der Waals surface area contributed by atoms with Crippen LogP contribution in [0.1, 0.15) is 36.6 Å². The van der Waals surface area contributed by atoms with Gasteiger partial charge >= 0.3 is 0 Å². The van der Waals surface area contributed by atoms with Crippen molar-refractivity contribution < 1.29 is 14.0 Å². The van der Waals surface area contributed by atoms with Gasteiger partial charge in [0.25, 0.3) is 0 Å². The Morgan fingerprint density at radius 1 is 0.970 bits per heavy atom. The fourth-order valence-electron chi connectivity index (χ4n) is 3.47. The third kappa shape index (κ3) is 6.56. The zero-order chi connectivity index (χ0) is 24.0. The Bertz CT molecular complexity index is 1110. The maximum absolute atomic E-state index is 13.5. The van der Waals surface area contributed by atoms with E-state index in [0.717, 1.165) is 5.56 Å². The molecule has 4 nitrogen and oxygen atoms in total. The summed E-state index contributed by atoms with van der Waals surface area (Å²) in [5, 5.41) is 3.86. The first-order valence-corrected chi connectivity index (χ1v) is 11.3. The van der Waals surface area contributed by atoms with Crippen LogP contribution in [0.15, 0.2) is 72.8 Å². The number of nitrogens with one attached hydrogen (secondary N) is 1. The number of hydrogen-bond donors (Lipinski definition) is 1. The number of hydrogen-bond acceptors (Lipinski definition) is 2. The summed E-state index contributed by atoms with van der Waals surface area (Å²) < 4.78 is 13.4. The van der Waals surface area contributed by atoms with Crippen LogP contribution in [0.2, 0.25) is 10.0 Å².